The zero-order valence-electron chi connectivity index (χ0n) is 5.40. The first kappa shape index (κ1) is 9.11. The van der Waals surface area contributed by atoms with E-state index in [2.05, 4.69) is 0 Å². The van der Waals surface area contributed by atoms with Gasteiger partial charge in [0.1, 0.15) is 0 Å². The fraction of sp³-hybridized carbons (Fsp3) is 1.00. The van der Waals surface area contributed by atoms with Gasteiger partial charge in [-0.2, -0.15) is 0 Å². The molecule has 0 amide bonds. The topological polar surface area (TPSA) is 77.8 Å². The molecule has 0 saturated heterocycles. The third-order valence-corrected chi connectivity index (χ3v) is 2.87. The lowest BCUT2D eigenvalue weighted by molar-refractivity contribution is 0.105. The van der Waals surface area contributed by atoms with E-state index in [0.29, 0.717) is 0 Å². The second-order valence-electron chi connectivity index (χ2n) is 2.11. The Kier molecular flexibility index (Phi) is 2.41. The van der Waals surface area contributed by atoms with Gasteiger partial charge in [0.2, 0.25) is 0 Å². The Hall–Kier alpha value is 0.110. The Morgan fingerprint density at radius 2 is 1.89 bits per heavy atom. The minimum absolute atomic E-state index is 0.0529. The van der Waals surface area contributed by atoms with Crippen molar-refractivity contribution >= 4 is 7.60 Å². The van der Waals surface area contributed by atoms with Gasteiger partial charge in [0.05, 0.1) is 0 Å². The van der Waals surface area contributed by atoms with Gasteiger partial charge >= 0.3 is 7.60 Å². The van der Waals surface area contributed by atoms with Crippen molar-refractivity contribution in [2.75, 3.05) is 0 Å². The van der Waals surface area contributed by atoms with Crippen molar-refractivity contribution in [3.05, 3.63) is 0 Å². The molecule has 0 radical (unpaired) electrons. The lowest BCUT2D eigenvalue weighted by Gasteiger charge is -2.21. The first-order valence-corrected chi connectivity index (χ1v) is 4.20. The van der Waals surface area contributed by atoms with Crippen LogP contribution >= 0.6 is 7.60 Å². The number of rotatable bonds is 2. The van der Waals surface area contributed by atoms with Crippen LogP contribution in [0, 0.1) is 0 Å². The quantitative estimate of drug-likeness (QED) is 0.499. The molecular weight excluding hydrogens is 143 g/mol. The van der Waals surface area contributed by atoms with E-state index in [1.54, 1.807) is 0 Å². The molecule has 3 N–H and O–H groups in total. The Morgan fingerprint density at radius 3 is 1.89 bits per heavy atom. The summed E-state index contributed by atoms with van der Waals surface area (Å²) in [7, 11) is -4.31. The van der Waals surface area contributed by atoms with Crippen LogP contribution in [0.15, 0.2) is 0 Å². The largest absolute Gasteiger partial charge is 0.378 e. The summed E-state index contributed by atoms with van der Waals surface area (Å²) < 4.78 is 10.3. The van der Waals surface area contributed by atoms with E-state index in [0.717, 1.165) is 6.92 Å². The molecule has 0 spiro atoms. The van der Waals surface area contributed by atoms with Crippen LogP contribution < -0.4 is 0 Å². The average molecular weight is 154 g/mol. The van der Waals surface area contributed by atoms with Crippen LogP contribution in [0.3, 0.4) is 0 Å². The van der Waals surface area contributed by atoms with Crippen LogP contribution in [0.2, 0.25) is 0 Å². The monoisotopic (exact) mass is 154 g/mol. The van der Waals surface area contributed by atoms with Gasteiger partial charge in [-0.05, 0) is 13.3 Å². The molecule has 0 aromatic heterocycles. The highest BCUT2D eigenvalue weighted by Gasteiger charge is 2.38. The molecule has 0 heterocycles. The third kappa shape index (κ3) is 2.06. The molecule has 1 unspecified atom stereocenters. The van der Waals surface area contributed by atoms with Crippen LogP contribution in [0.25, 0.3) is 0 Å². The summed E-state index contributed by atoms with van der Waals surface area (Å²) in [6.45, 7) is 2.63. The Balaban J connectivity index is 4.34. The molecule has 0 aliphatic carbocycles. The van der Waals surface area contributed by atoms with Gasteiger partial charge in [-0.3, -0.25) is 4.57 Å². The second kappa shape index (κ2) is 2.39. The number of aliphatic hydroxyl groups is 1. The van der Waals surface area contributed by atoms with E-state index >= 15 is 0 Å². The maximum Gasteiger partial charge on any atom is 0.356 e. The Morgan fingerprint density at radius 1 is 1.56 bits per heavy atom. The molecule has 5 heteroatoms. The summed E-state index contributed by atoms with van der Waals surface area (Å²) >= 11 is 0. The molecule has 0 rings (SSSR count). The zero-order chi connectivity index (χ0) is 7.71. The van der Waals surface area contributed by atoms with Gasteiger partial charge in [-0.25, -0.2) is 0 Å². The molecule has 0 fully saturated rings. The van der Waals surface area contributed by atoms with Crippen LogP contribution in [-0.4, -0.2) is 20.2 Å². The third-order valence-electron chi connectivity index (χ3n) is 1.30. The summed E-state index contributed by atoms with van der Waals surface area (Å²) in [4.78, 5) is 16.8. The number of hydrogen-bond acceptors (Lipinski definition) is 2. The van der Waals surface area contributed by atoms with Crippen molar-refractivity contribution in [1.29, 1.82) is 0 Å². The Labute approximate surface area is 53.7 Å². The molecule has 0 saturated carbocycles. The van der Waals surface area contributed by atoms with Gasteiger partial charge < -0.3 is 14.9 Å². The highest BCUT2D eigenvalue weighted by atomic mass is 31.2. The molecule has 0 bridgehead atoms. The molecule has 0 aliphatic heterocycles. The fourth-order valence-electron chi connectivity index (χ4n) is 0.206. The second-order valence-corrected chi connectivity index (χ2v) is 4.17. The van der Waals surface area contributed by atoms with Crippen molar-refractivity contribution in [2.24, 2.45) is 0 Å². The first-order chi connectivity index (χ1) is 3.81. The van der Waals surface area contributed by atoms with Crippen molar-refractivity contribution in [1.82, 2.24) is 0 Å². The number of hydrogen-bond donors (Lipinski definition) is 3. The van der Waals surface area contributed by atoms with Gasteiger partial charge in [0.15, 0.2) is 5.34 Å². The molecular formula is C4H11O4P. The predicted octanol–water partition coefficient (Wildman–Crippen LogP) is 0.283. The summed E-state index contributed by atoms with van der Waals surface area (Å²) in [5, 5.41) is 7.04. The molecule has 0 aromatic carbocycles. The van der Waals surface area contributed by atoms with Gasteiger partial charge in [-0.1, -0.05) is 6.92 Å². The van der Waals surface area contributed by atoms with E-state index in [4.69, 9.17) is 14.9 Å². The summed E-state index contributed by atoms with van der Waals surface area (Å²) in [5.74, 6) is 0. The standard InChI is InChI=1S/C4H11O4P/c1-3-4(2,5)9(6,7)8/h5H,3H2,1-2H3,(H2,6,7,8). The minimum atomic E-state index is -4.31. The molecule has 9 heavy (non-hydrogen) atoms. The maximum absolute atomic E-state index is 10.3. The molecule has 4 nitrogen and oxygen atoms in total. The lowest BCUT2D eigenvalue weighted by Crippen LogP contribution is -2.22. The molecule has 0 aromatic rings. The van der Waals surface area contributed by atoms with E-state index in [9.17, 15) is 4.57 Å². The van der Waals surface area contributed by atoms with Gasteiger partial charge in [-0.15, -0.1) is 0 Å². The van der Waals surface area contributed by atoms with Crippen LogP contribution in [-0.2, 0) is 4.57 Å². The predicted molar refractivity (Wildman–Crippen MR) is 33.0 cm³/mol. The fourth-order valence-corrected chi connectivity index (χ4v) is 0.618. The molecule has 56 valence electrons. The smallest absolute Gasteiger partial charge is 0.356 e. The van der Waals surface area contributed by atoms with Crippen molar-refractivity contribution in [3.8, 4) is 0 Å². The molecule has 0 aliphatic rings. The summed E-state index contributed by atoms with van der Waals surface area (Å²) in [6, 6.07) is 0. The first-order valence-electron chi connectivity index (χ1n) is 2.59. The van der Waals surface area contributed by atoms with Crippen molar-refractivity contribution in [3.63, 3.8) is 0 Å². The van der Waals surface area contributed by atoms with E-state index in [1.807, 2.05) is 0 Å². The zero-order valence-corrected chi connectivity index (χ0v) is 6.30. The van der Waals surface area contributed by atoms with E-state index < -0.39 is 12.9 Å². The highest BCUT2D eigenvalue weighted by Crippen LogP contribution is 2.49. The van der Waals surface area contributed by atoms with E-state index in [-0.39, 0.29) is 6.42 Å². The van der Waals surface area contributed by atoms with Crippen LogP contribution in [0.5, 0.6) is 0 Å². The van der Waals surface area contributed by atoms with Gasteiger partial charge in [0.25, 0.3) is 0 Å². The Bertz CT molecular complexity index is 136. The summed E-state index contributed by atoms with van der Waals surface area (Å²) in [5.41, 5.74) is 0. The maximum atomic E-state index is 10.3. The van der Waals surface area contributed by atoms with Crippen LogP contribution in [0.1, 0.15) is 20.3 Å². The SMILES string of the molecule is CCC(C)(O)P(=O)(O)O. The molecule has 1 atom stereocenters. The van der Waals surface area contributed by atoms with Gasteiger partial charge in [0, 0.05) is 0 Å². The van der Waals surface area contributed by atoms with Crippen molar-refractivity contribution < 1.29 is 19.5 Å². The summed E-state index contributed by atoms with van der Waals surface area (Å²) in [6.07, 6.45) is 0.0529. The highest BCUT2D eigenvalue weighted by molar-refractivity contribution is 7.53. The average Bonchev–Trinajstić information content (AvgIpc) is 1.64. The van der Waals surface area contributed by atoms with Crippen LogP contribution in [0.4, 0.5) is 0 Å². The lowest BCUT2D eigenvalue weighted by atomic mass is 10.3. The minimum Gasteiger partial charge on any atom is -0.378 e. The van der Waals surface area contributed by atoms with E-state index in [1.165, 1.54) is 6.92 Å². The van der Waals surface area contributed by atoms with Crippen molar-refractivity contribution in [2.45, 2.75) is 25.6 Å². The normalized spacial score (nSPS) is 19.2.